The van der Waals surface area contributed by atoms with E-state index in [1.54, 1.807) is 6.20 Å². The topological polar surface area (TPSA) is 43.6 Å². The summed E-state index contributed by atoms with van der Waals surface area (Å²) in [7, 11) is 0. The van der Waals surface area contributed by atoms with Crippen LogP contribution >= 0.6 is 23.2 Å². The molecule has 0 aliphatic heterocycles. The molecule has 0 N–H and O–H groups in total. The van der Waals surface area contributed by atoms with E-state index in [0.717, 1.165) is 36.9 Å². The summed E-state index contributed by atoms with van der Waals surface area (Å²) in [6, 6.07) is 0. The Labute approximate surface area is 122 Å². The molecule has 2 heterocycles. The van der Waals surface area contributed by atoms with Crippen LogP contribution in [0.3, 0.4) is 0 Å². The Morgan fingerprint density at radius 2 is 1.79 bits per heavy atom. The van der Waals surface area contributed by atoms with Crippen molar-refractivity contribution in [3.8, 4) is 11.4 Å². The average Bonchev–Trinajstić information content (AvgIpc) is 2.83. The molecule has 0 aromatic carbocycles. The zero-order chi connectivity index (χ0) is 13.8. The number of rotatable bonds is 5. The van der Waals surface area contributed by atoms with Gasteiger partial charge in [-0.25, -0.2) is 9.97 Å². The third kappa shape index (κ3) is 3.25. The molecule has 2 rings (SSSR count). The molecular formula is C13H16Cl2N4. The highest BCUT2D eigenvalue weighted by molar-refractivity contribution is 6.34. The average molecular weight is 299 g/mol. The van der Waals surface area contributed by atoms with E-state index in [1.807, 2.05) is 10.9 Å². The van der Waals surface area contributed by atoms with Gasteiger partial charge in [-0.3, -0.25) is 4.68 Å². The molecule has 0 spiro atoms. The molecule has 4 nitrogen and oxygen atoms in total. The summed E-state index contributed by atoms with van der Waals surface area (Å²) >= 11 is 12.3. The second-order valence-electron chi connectivity index (χ2n) is 4.35. The first kappa shape index (κ1) is 14.3. The molecule has 0 saturated carbocycles. The third-order valence-corrected chi connectivity index (χ3v) is 3.38. The van der Waals surface area contributed by atoms with Gasteiger partial charge in [-0.1, -0.05) is 43.5 Å². The predicted octanol–water partition coefficient (Wildman–Crippen LogP) is 4.01. The first-order valence-electron chi connectivity index (χ1n) is 6.40. The van der Waals surface area contributed by atoms with Gasteiger partial charge in [0.05, 0.1) is 11.8 Å². The van der Waals surface area contributed by atoms with Crippen LogP contribution < -0.4 is 0 Å². The van der Waals surface area contributed by atoms with E-state index in [9.17, 15) is 0 Å². The summed E-state index contributed by atoms with van der Waals surface area (Å²) in [4.78, 5) is 8.63. The quantitative estimate of drug-likeness (QED) is 0.783. The molecule has 0 fully saturated rings. The van der Waals surface area contributed by atoms with Gasteiger partial charge in [-0.15, -0.1) is 0 Å². The van der Waals surface area contributed by atoms with Crippen molar-refractivity contribution in [2.45, 2.75) is 39.7 Å². The highest BCUT2D eigenvalue weighted by Crippen LogP contribution is 2.26. The SMILES string of the molecule is CCCc1c(Cl)nc(-c2cnn(CCC)c2)nc1Cl. The van der Waals surface area contributed by atoms with Crippen molar-refractivity contribution >= 4 is 23.2 Å². The van der Waals surface area contributed by atoms with Crippen LogP contribution in [0.15, 0.2) is 12.4 Å². The fourth-order valence-electron chi connectivity index (χ4n) is 1.85. The second-order valence-corrected chi connectivity index (χ2v) is 5.07. The molecule has 0 amide bonds. The number of hydrogen-bond acceptors (Lipinski definition) is 3. The van der Waals surface area contributed by atoms with E-state index in [2.05, 4.69) is 28.9 Å². The molecule has 0 saturated heterocycles. The molecule has 6 heteroatoms. The van der Waals surface area contributed by atoms with Crippen LogP contribution in [0.5, 0.6) is 0 Å². The first-order chi connectivity index (χ1) is 9.15. The maximum absolute atomic E-state index is 6.17. The maximum Gasteiger partial charge on any atom is 0.165 e. The lowest BCUT2D eigenvalue weighted by Crippen LogP contribution is -1.97. The Bertz CT molecular complexity index is 543. The molecule has 102 valence electrons. The molecule has 0 radical (unpaired) electrons. The van der Waals surface area contributed by atoms with Crippen molar-refractivity contribution in [2.75, 3.05) is 0 Å². The van der Waals surface area contributed by atoms with E-state index >= 15 is 0 Å². The Morgan fingerprint density at radius 3 is 2.37 bits per heavy atom. The van der Waals surface area contributed by atoms with Crippen molar-refractivity contribution in [3.63, 3.8) is 0 Å². The molecule has 0 aliphatic carbocycles. The standard InChI is InChI=1S/C13H16Cl2N4/c1-3-5-10-11(14)17-13(18-12(10)15)9-7-16-19(8-9)6-4-2/h7-8H,3-6H2,1-2H3. The summed E-state index contributed by atoms with van der Waals surface area (Å²) in [5.41, 5.74) is 1.65. The molecular weight excluding hydrogens is 283 g/mol. The highest BCUT2D eigenvalue weighted by Gasteiger charge is 2.13. The fourth-order valence-corrected chi connectivity index (χ4v) is 2.42. The Morgan fingerprint density at radius 1 is 1.11 bits per heavy atom. The minimum absolute atomic E-state index is 0.431. The molecule has 0 bridgehead atoms. The maximum atomic E-state index is 6.17. The minimum Gasteiger partial charge on any atom is -0.272 e. The molecule has 0 atom stereocenters. The Hall–Kier alpha value is -1.13. The summed E-state index contributed by atoms with van der Waals surface area (Å²) in [5.74, 6) is 0.525. The summed E-state index contributed by atoms with van der Waals surface area (Å²) in [6.07, 6.45) is 6.41. The lowest BCUT2D eigenvalue weighted by atomic mass is 10.2. The van der Waals surface area contributed by atoms with Crippen LogP contribution in [0.25, 0.3) is 11.4 Å². The van der Waals surface area contributed by atoms with Gasteiger partial charge in [-0.2, -0.15) is 5.10 Å². The molecule has 0 unspecified atom stereocenters. The Balaban J connectivity index is 2.34. The summed E-state index contributed by atoms with van der Waals surface area (Å²) in [5, 5.41) is 5.11. The molecule has 19 heavy (non-hydrogen) atoms. The van der Waals surface area contributed by atoms with E-state index < -0.39 is 0 Å². The van der Waals surface area contributed by atoms with Crippen molar-refractivity contribution in [1.29, 1.82) is 0 Å². The van der Waals surface area contributed by atoms with Crippen LogP contribution in [0, 0.1) is 0 Å². The number of nitrogens with zero attached hydrogens (tertiary/aromatic N) is 4. The fraction of sp³-hybridized carbons (Fsp3) is 0.462. The lowest BCUT2D eigenvalue weighted by molar-refractivity contribution is 0.603. The van der Waals surface area contributed by atoms with Crippen molar-refractivity contribution < 1.29 is 0 Å². The zero-order valence-corrected chi connectivity index (χ0v) is 12.5. The molecule has 0 aliphatic rings. The van der Waals surface area contributed by atoms with Gasteiger partial charge in [0.15, 0.2) is 5.82 Å². The van der Waals surface area contributed by atoms with Crippen LogP contribution in [-0.4, -0.2) is 19.7 Å². The normalized spacial score (nSPS) is 10.9. The minimum atomic E-state index is 0.431. The van der Waals surface area contributed by atoms with Crippen molar-refractivity contribution in [3.05, 3.63) is 28.3 Å². The van der Waals surface area contributed by atoms with Gasteiger partial charge in [0.25, 0.3) is 0 Å². The molecule has 2 aromatic rings. The van der Waals surface area contributed by atoms with Crippen LogP contribution in [0.4, 0.5) is 0 Å². The smallest absolute Gasteiger partial charge is 0.165 e. The zero-order valence-electron chi connectivity index (χ0n) is 11.0. The molecule has 2 aromatic heterocycles. The van der Waals surface area contributed by atoms with E-state index in [4.69, 9.17) is 23.2 Å². The van der Waals surface area contributed by atoms with Gasteiger partial charge in [0.1, 0.15) is 10.3 Å². The monoisotopic (exact) mass is 298 g/mol. The van der Waals surface area contributed by atoms with Crippen LogP contribution in [0.1, 0.15) is 32.3 Å². The van der Waals surface area contributed by atoms with Crippen LogP contribution in [0.2, 0.25) is 10.3 Å². The van der Waals surface area contributed by atoms with Gasteiger partial charge >= 0.3 is 0 Å². The first-order valence-corrected chi connectivity index (χ1v) is 7.16. The number of aryl methyl sites for hydroxylation is 1. The van der Waals surface area contributed by atoms with E-state index in [1.165, 1.54) is 0 Å². The van der Waals surface area contributed by atoms with Gasteiger partial charge in [-0.05, 0) is 12.8 Å². The number of halogens is 2. The third-order valence-electron chi connectivity index (χ3n) is 2.75. The Kier molecular flexibility index (Phi) is 4.77. The van der Waals surface area contributed by atoms with E-state index in [0.29, 0.717) is 16.1 Å². The van der Waals surface area contributed by atoms with Crippen LogP contribution in [-0.2, 0) is 13.0 Å². The second kappa shape index (κ2) is 6.35. The van der Waals surface area contributed by atoms with Gasteiger partial charge in [0.2, 0.25) is 0 Å². The number of aromatic nitrogens is 4. The lowest BCUT2D eigenvalue weighted by Gasteiger charge is -2.06. The largest absolute Gasteiger partial charge is 0.272 e. The van der Waals surface area contributed by atoms with Crippen molar-refractivity contribution in [2.24, 2.45) is 0 Å². The van der Waals surface area contributed by atoms with Gasteiger partial charge in [0, 0.05) is 18.3 Å². The number of hydrogen-bond donors (Lipinski definition) is 0. The van der Waals surface area contributed by atoms with Crippen molar-refractivity contribution in [1.82, 2.24) is 19.7 Å². The predicted molar refractivity (Wildman–Crippen MR) is 77.6 cm³/mol. The summed E-state index contributed by atoms with van der Waals surface area (Å²) in [6.45, 7) is 5.04. The highest BCUT2D eigenvalue weighted by atomic mass is 35.5. The van der Waals surface area contributed by atoms with E-state index in [-0.39, 0.29) is 0 Å². The summed E-state index contributed by atoms with van der Waals surface area (Å²) < 4.78 is 1.86. The van der Waals surface area contributed by atoms with Gasteiger partial charge < -0.3 is 0 Å².